The van der Waals surface area contributed by atoms with Crippen LogP contribution in [-0.2, 0) is 19.1 Å². The first-order valence-electron chi connectivity index (χ1n) is 6.24. The highest BCUT2D eigenvalue weighted by Gasteiger charge is 2.30. The molecule has 1 rings (SSSR count). The van der Waals surface area contributed by atoms with E-state index in [0.29, 0.717) is 19.5 Å². The van der Waals surface area contributed by atoms with Crippen molar-refractivity contribution in [3.05, 3.63) is 0 Å². The third-order valence-corrected chi connectivity index (χ3v) is 3.22. The van der Waals surface area contributed by atoms with Gasteiger partial charge in [0.25, 0.3) is 0 Å². The molecule has 2 unspecified atom stereocenters. The van der Waals surface area contributed by atoms with E-state index < -0.39 is 18.6 Å². The minimum absolute atomic E-state index is 0.0656. The predicted molar refractivity (Wildman–Crippen MR) is 66.0 cm³/mol. The summed E-state index contributed by atoms with van der Waals surface area (Å²) in [6.07, 6.45) is 1.41. The smallest absolute Gasteiger partial charge is 0.330 e. The molecule has 0 aliphatic carbocycles. The van der Waals surface area contributed by atoms with Crippen molar-refractivity contribution in [3.63, 3.8) is 0 Å². The number of carbonyl (C=O) groups is 3. The zero-order chi connectivity index (χ0) is 14.4. The molecular formula is C12H20N2O5. The lowest BCUT2D eigenvalue weighted by molar-refractivity contribution is -0.147. The van der Waals surface area contributed by atoms with Gasteiger partial charge < -0.3 is 20.1 Å². The summed E-state index contributed by atoms with van der Waals surface area (Å²) in [5.41, 5.74) is 0. The average Bonchev–Trinajstić information content (AvgIpc) is 2.43. The van der Waals surface area contributed by atoms with Crippen LogP contribution in [0.4, 0.5) is 0 Å². The maximum atomic E-state index is 12.0. The number of aliphatic hydroxyl groups is 1. The molecule has 0 aromatic rings. The molecule has 0 radical (unpaired) electrons. The summed E-state index contributed by atoms with van der Waals surface area (Å²) in [5.74, 6) is -1.44. The van der Waals surface area contributed by atoms with E-state index in [2.05, 4.69) is 10.1 Å². The van der Waals surface area contributed by atoms with Gasteiger partial charge in [-0.15, -0.1) is 0 Å². The van der Waals surface area contributed by atoms with E-state index in [1.165, 1.54) is 14.0 Å². The Labute approximate surface area is 111 Å². The van der Waals surface area contributed by atoms with Crippen molar-refractivity contribution in [2.75, 3.05) is 26.8 Å². The predicted octanol–water partition coefficient (Wildman–Crippen LogP) is -1.10. The van der Waals surface area contributed by atoms with Gasteiger partial charge in [-0.3, -0.25) is 9.59 Å². The molecule has 108 valence electrons. The highest BCUT2D eigenvalue weighted by Crippen LogP contribution is 2.16. The van der Waals surface area contributed by atoms with Crippen LogP contribution in [0.1, 0.15) is 19.8 Å². The molecule has 1 aliphatic rings. The van der Waals surface area contributed by atoms with Crippen molar-refractivity contribution >= 4 is 17.8 Å². The first kappa shape index (κ1) is 15.4. The normalized spacial score (nSPS) is 20.6. The van der Waals surface area contributed by atoms with Gasteiger partial charge in [0.1, 0.15) is 0 Å². The number of nitrogens with one attached hydrogen (secondary N) is 1. The molecule has 19 heavy (non-hydrogen) atoms. The van der Waals surface area contributed by atoms with Crippen molar-refractivity contribution in [2.45, 2.75) is 25.8 Å². The van der Waals surface area contributed by atoms with Gasteiger partial charge in [-0.05, 0) is 12.8 Å². The molecule has 7 nitrogen and oxygen atoms in total. The molecule has 2 atom stereocenters. The first-order valence-corrected chi connectivity index (χ1v) is 6.24. The van der Waals surface area contributed by atoms with Crippen molar-refractivity contribution in [1.82, 2.24) is 10.2 Å². The summed E-state index contributed by atoms with van der Waals surface area (Å²) in [4.78, 5) is 36.2. The number of aliphatic hydroxyl groups excluding tert-OH is 1. The van der Waals surface area contributed by atoms with Crippen LogP contribution < -0.4 is 5.32 Å². The van der Waals surface area contributed by atoms with Crippen LogP contribution in [-0.4, -0.2) is 60.6 Å². The number of amides is 2. The van der Waals surface area contributed by atoms with Crippen LogP contribution in [0.25, 0.3) is 0 Å². The number of nitrogens with zero attached hydrogens (tertiary/aromatic N) is 1. The summed E-state index contributed by atoms with van der Waals surface area (Å²) in [7, 11) is 1.19. The molecule has 0 bridgehead atoms. The van der Waals surface area contributed by atoms with Gasteiger partial charge >= 0.3 is 5.97 Å². The quantitative estimate of drug-likeness (QED) is 0.633. The number of esters is 1. The fourth-order valence-electron chi connectivity index (χ4n) is 2.09. The Bertz CT molecular complexity index is 358. The van der Waals surface area contributed by atoms with Crippen molar-refractivity contribution in [2.24, 2.45) is 5.92 Å². The summed E-state index contributed by atoms with van der Waals surface area (Å²) < 4.78 is 4.47. The van der Waals surface area contributed by atoms with E-state index in [0.717, 1.165) is 6.42 Å². The molecule has 0 saturated carbocycles. The molecule has 0 aromatic heterocycles. The van der Waals surface area contributed by atoms with Gasteiger partial charge in [0.15, 0.2) is 6.04 Å². The Morgan fingerprint density at radius 3 is 2.68 bits per heavy atom. The third kappa shape index (κ3) is 4.20. The lowest BCUT2D eigenvalue weighted by atomic mass is 9.97. The van der Waals surface area contributed by atoms with E-state index in [1.807, 2.05) is 0 Å². The second-order valence-electron chi connectivity index (χ2n) is 4.57. The summed E-state index contributed by atoms with van der Waals surface area (Å²) >= 11 is 0. The van der Waals surface area contributed by atoms with Gasteiger partial charge in [0.2, 0.25) is 11.8 Å². The lowest BCUT2D eigenvalue weighted by Crippen LogP contribution is -2.50. The zero-order valence-electron chi connectivity index (χ0n) is 11.2. The number of piperidine rings is 1. The summed E-state index contributed by atoms with van der Waals surface area (Å²) in [6, 6.07) is -1.05. The Morgan fingerprint density at radius 1 is 1.47 bits per heavy atom. The number of hydrogen-bond acceptors (Lipinski definition) is 5. The minimum Gasteiger partial charge on any atom is -0.467 e. The van der Waals surface area contributed by atoms with E-state index in [4.69, 9.17) is 5.11 Å². The molecule has 2 N–H and O–H groups in total. The molecule has 1 aliphatic heterocycles. The van der Waals surface area contributed by atoms with E-state index in [-0.39, 0.29) is 17.7 Å². The molecule has 1 heterocycles. The Morgan fingerprint density at radius 2 is 2.16 bits per heavy atom. The number of likely N-dealkylation sites (tertiary alicyclic amines) is 1. The monoisotopic (exact) mass is 272 g/mol. The van der Waals surface area contributed by atoms with Gasteiger partial charge in [0.05, 0.1) is 19.6 Å². The molecule has 1 fully saturated rings. The van der Waals surface area contributed by atoms with Crippen LogP contribution in [0.2, 0.25) is 0 Å². The van der Waals surface area contributed by atoms with Crippen molar-refractivity contribution in [1.29, 1.82) is 0 Å². The van der Waals surface area contributed by atoms with Gasteiger partial charge in [-0.1, -0.05) is 0 Å². The zero-order valence-corrected chi connectivity index (χ0v) is 11.2. The van der Waals surface area contributed by atoms with Crippen LogP contribution in [0, 0.1) is 5.92 Å². The Balaban J connectivity index is 2.57. The standard InChI is InChI=1S/C12H20N2O5/c1-8(16)14-5-3-4-9(6-14)11(17)13-10(7-15)12(18)19-2/h9-10,15H,3-7H2,1-2H3,(H,13,17). The fourth-order valence-corrected chi connectivity index (χ4v) is 2.09. The molecule has 2 amide bonds. The number of carbonyl (C=O) groups excluding carboxylic acids is 3. The Kier molecular flexibility index (Phi) is 5.75. The van der Waals surface area contributed by atoms with Gasteiger partial charge in [-0.2, -0.15) is 0 Å². The number of hydrogen-bond donors (Lipinski definition) is 2. The summed E-state index contributed by atoms with van der Waals surface area (Å²) in [5, 5.41) is 11.5. The van der Waals surface area contributed by atoms with Crippen LogP contribution in [0.15, 0.2) is 0 Å². The average molecular weight is 272 g/mol. The molecular weight excluding hydrogens is 252 g/mol. The van der Waals surface area contributed by atoms with Crippen LogP contribution >= 0.6 is 0 Å². The molecule has 0 spiro atoms. The topological polar surface area (TPSA) is 95.9 Å². The fraction of sp³-hybridized carbons (Fsp3) is 0.750. The third-order valence-electron chi connectivity index (χ3n) is 3.22. The number of methoxy groups -OCH3 is 1. The first-order chi connectivity index (χ1) is 8.99. The molecule has 1 saturated heterocycles. The van der Waals surface area contributed by atoms with Crippen molar-refractivity contribution in [3.8, 4) is 0 Å². The van der Waals surface area contributed by atoms with Crippen LogP contribution in [0.3, 0.4) is 0 Å². The van der Waals surface area contributed by atoms with Crippen LogP contribution in [0.5, 0.6) is 0 Å². The maximum Gasteiger partial charge on any atom is 0.330 e. The summed E-state index contributed by atoms with van der Waals surface area (Å²) in [6.45, 7) is 1.95. The largest absolute Gasteiger partial charge is 0.467 e. The lowest BCUT2D eigenvalue weighted by Gasteiger charge is -2.31. The van der Waals surface area contributed by atoms with E-state index in [9.17, 15) is 14.4 Å². The second-order valence-corrected chi connectivity index (χ2v) is 4.57. The highest BCUT2D eigenvalue weighted by molar-refractivity contribution is 5.86. The molecule has 0 aromatic carbocycles. The second kappa shape index (κ2) is 7.08. The minimum atomic E-state index is -1.05. The molecule has 7 heteroatoms. The Hall–Kier alpha value is -1.63. The van der Waals surface area contributed by atoms with Gasteiger partial charge in [0, 0.05) is 20.0 Å². The number of rotatable bonds is 4. The van der Waals surface area contributed by atoms with E-state index >= 15 is 0 Å². The van der Waals surface area contributed by atoms with Crippen molar-refractivity contribution < 1.29 is 24.2 Å². The highest BCUT2D eigenvalue weighted by atomic mass is 16.5. The van der Waals surface area contributed by atoms with Gasteiger partial charge in [-0.25, -0.2) is 4.79 Å². The van der Waals surface area contributed by atoms with E-state index in [1.54, 1.807) is 4.90 Å². The SMILES string of the molecule is COC(=O)C(CO)NC(=O)C1CCCN(C(C)=O)C1. The maximum absolute atomic E-state index is 12.0. The number of ether oxygens (including phenoxy) is 1.